The van der Waals surface area contributed by atoms with Gasteiger partial charge in [0.2, 0.25) is 5.91 Å². The van der Waals surface area contributed by atoms with Crippen LogP contribution in [0.25, 0.3) is 0 Å². The van der Waals surface area contributed by atoms with Crippen LogP contribution in [0.5, 0.6) is 0 Å². The zero-order chi connectivity index (χ0) is 14.8. The van der Waals surface area contributed by atoms with Crippen LogP contribution in [0.4, 0.5) is 5.69 Å². The van der Waals surface area contributed by atoms with Crippen molar-refractivity contribution in [3.8, 4) is 0 Å². The van der Waals surface area contributed by atoms with Gasteiger partial charge in [-0.25, -0.2) is 4.79 Å². The van der Waals surface area contributed by atoms with Gasteiger partial charge in [0.15, 0.2) is 0 Å². The number of anilines is 1. The van der Waals surface area contributed by atoms with Crippen molar-refractivity contribution in [2.24, 2.45) is 5.73 Å². The minimum atomic E-state index is -1.08. The summed E-state index contributed by atoms with van der Waals surface area (Å²) in [6, 6.07) is 4.53. The number of carbonyl (C=O) groups excluding carboxylic acids is 2. The van der Waals surface area contributed by atoms with Crippen LogP contribution in [0.2, 0.25) is 5.02 Å². The van der Waals surface area contributed by atoms with E-state index in [9.17, 15) is 9.59 Å². The summed E-state index contributed by atoms with van der Waals surface area (Å²) in [4.78, 5) is 23.9. The molecule has 0 saturated carbocycles. The average molecular weight is 299 g/mol. The highest BCUT2D eigenvalue weighted by atomic mass is 35.5. The van der Waals surface area contributed by atoms with Gasteiger partial charge in [-0.15, -0.1) is 0 Å². The molecule has 0 aliphatic carbocycles. The highest BCUT2D eigenvalue weighted by molar-refractivity contribution is 6.31. The van der Waals surface area contributed by atoms with E-state index in [1.807, 2.05) is 0 Å². The van der Waals surface area contributed by atoms with E-state index in [2.05, 4.69) is 10.1 Å². The van der Waals surface area contributed by atoms with Gasteiger partial charge >= 0.3 is 5.97 Å². The van der Waals surface area contributed by atoms with Crippen molar-refractivity contribution < 1.29 is 19.1 Å². The normalized spacial score (nSPS) is 21.6. The number of nitrogens with one attached hydrogen (secondary N) is 1. The molecular weight excluding hydrogens is 284 g/mol. The van der Waals surface area contributed by atoms with E-state index >= 15 is 0 Å². The Bertz CT molecular complexity index is 541. The van der Waals surface area contributed by atoms with Crippen molar-refractivity contribution in [1.82, 2.24) is 0 Å². The summed E-state index contributed by atoms with van der Waals surface area (Å²) in [6.07, 6.45) is 0.431. The molecule has 1 aromatic carbocycles. The number of esters is 1. The van der Waals surface area contributed by atoms with E-state index < -0.39 is 17.4 Å². The first-order valence-corrected chi connectivity index (χ1v) is 6.40. The van der Waals surface area contributed by atoms with Gasteiger partial charge in [-0.1, -0.05) is 11.6 Å². The molecule has 1 aliphatic rings. The molecule has 0 spiro atoms. The largest absolute Gasteiger partial charge is 0.465 e. The summed E-state index contributed by atoms with van der Waals surface area (Å²) >= 11 is 5.84. The maximum Gasteiger partial charge on any atom is 0.340 e. The number of rotatable bonds is 3. The molecule has 20 heavy (non-hydrogen) atoms. The summed E-state index contributed by atoms with van der Waals surface area (Å²) in [7, 11) is 1.25. The minimum absolute atomic E-state index is 0.153. The van der Waals surface area contributed by atoms with Crippen molar-refractivity contribution in [3.05, 3.63) is 28.8 Å². The maximum atomic E-state index is 12.2. The van der Waals surface area contributed by atoms with Gasteiger partial charge in [-0.05, 0) is 24.6 Å². The SMILES string of the molecule is COC(=O)c1cc(Cl)ccc1NC(=O)C1(N)CCOC1. The van der Waals surface area contributed by atoms with Gasteiger partial charge in [0.05, 0.1) is 25.0 Å². The molecule has 0 radical (unpaired) electrons. The van der Waals surface area contributed by atoms with Gasteiger partial charge in [0.25, 0.3) is 0 Å². The van der Waals surface area contributed by atoms with E-state index in [4.69, 9.17) is 22.1 Å². The van der Waals surface area contributed by atoms with Crippen LogP contribution >= 0.6 is 11.6 Å². The Hall–Kier alpha value is -1.63. The van der Waals surface area contributed by atoms with Crippen molar-refractivity contribution in [1.29, 1.82) is 0 Å². The van der Waals surface area contributed by atoms with Gasteiger partial charge < -0.3 is 20.5 Å². The number of nitrogens with two attached hydrogens (primary N) is 1. The average Bonchev–Trinajstić information content (AvgIpc) is 2.88. The lowest BCUT2D eigenvalue weighted by molar-refractivity contribution is -0.121. The van der Waals surface area contributed by atoms with Crippen molar-refractivity contribution >= 4 is 29.2 Å². The monoisotopic (exact) mass is 298 g/mol. The number of hydrogen-bond acceptors (Lipinski definition) is 5. The zero-order valence-electron chi connectivity index (χ0n) is 10.9. The zero-order valence-corrected chi connectivity index (χ0v) is 11.7. The van der Waals surface area contributed by atoms with E-state index in [0.717, 1.165) is 0 Å². The predicted octanol–water partition coefficient (Wildman–Crippen LogP) is 1.18. The Morgan fingerprint density at radius 1 is 1.50 bits per heavy atom. The number of methoxy groups -OCH3 is 1. The Morgan fingerprint density at radius 2 is 2.25 bits per heavy atom. The molecule has 7 heteroatoms. The van der Waals surface area contributed by atoms with Crippen molar-refractivity contribution in [2.75, 3.05) is 25.6 Å². The second-order valence-electron chi connectivity index (χ2n) is 4.59. The third-order valence-corrected chi connectivity index (χ3v) is 3.37. The molecule has 1 heterocycles. The van der Waals surface area contributed by atoms with E-state index in [1.54, 1.807) is 6.07 Å². The summed E-state index contributed by atoms with van der Waals surface area (Å²) < 4.78 is 9.80. The smallest absolute Gasteiger partial charge is 0.340 e. The van der Waals surface area contributed by atoms with Crippen molar-refractivity contribution in [2.45, 2.75) is 12.0 Å². The molecule has 1 fully saturated rings. The van der Waals surface area contributed by atoms with Gasteiger partial charge in [0.1, 0.15) is 5.54 Å². The molecular formula is C13H15ClN2O4. The Morgan fingerprint density at radius 3 is 2.85 bits per heavy atom. The van der Waals surface area contributed by atoms with Crippen LogP contribution in [-0.4, -0.2) is 37.7 Å². The number of benzene rings is 1. The number of carbonyl (C=O) groups is 2. The molecule has 1 amide bonds. The molecule has 1 atom stereocenters. The first-order chi connectivity index (χ1) is 9.46. The third-order valence-electron chi connectivity index (χ3n) is 3.14. The second kappa shape index (κ2) is 5.78. The fourth-order valence-corrected chi connectivity index (χ4v) is 2.08. The molecule has 2 rings (SSSR count). The molecule has 0 aromatic heterocycles. The van der Waals surface area contributed by atoms with E-state index in [0.29, 0.717) is 23.7 Å². The highest BCUT2D eigenvalue weighted by Gasteiger charge is 2.38. The lowest BCUT2D eigenvalue weighted by atomic mass is 9.99. The number of amides is 1. The Labute approximate surface area is 121 Å². The third kappa shape index (κ3) is 2.92. The van der Waals surface area contributed by atoms with Crippen LogP contribution < -0.4 is 11.1 Å². The Balaban J connectivity index is 2.25. The van der Waals surface area contributed by atoms with Gasteiger partial charge in [-0.2, -0.15) is 0 Å². The van der Waals surface area contributed by atoms with Crippen LogP contribution in [0.3, 0.4) is 0 Å². The van der Waals surface area contributed by atoms with Crippen LogP contribution in [0.15, 0.2) is 18.2 Å². The van der Waals surface area contributed by atoms with Gasteiger partial charge in [0, 0.05) is 11.6 Å². The quantitative estimate of drug-likeness (QED) is 0.818. The summed E-state index contributed by atoms with van der Waals surface area (Å²) in [5, 5.41) is 3.00. The molecule has 6 nitrogen and oxygen atoms in total. The first kappa shape index (κ1) is 14.8. The summed E-state index contributed by atoms with van der Waals surface area (Å²) in [5.74, 6) is -0.987. The van der Waals surface area contributed by atoms with E-state index in [1.165, 1.54) is 19.2 Å². The predicted molar refractivity (Wildman–Crippen MR) is 73.8 cm³/mol. The minimum Gasteiger partial charge on any atom is -0.465 e. The maximum absolute atomic E-state index is 12.2. The number of ether oxygens (including phenoxy) is 2. The molecule has 108 valence electrons. The van der Waals surface area contributed by atoms with Crippen LogP contribution in [0.1, 0.15) is 16.8 Å². The van der Waals surface area contributed by atoms with Crippen LogP contribution in [-0.2, 0) is 14.3 Å². The summed E-state index contributed by atoms with van der Waals surface area (Å²) in [6.45, 7) is 0.592. The molecule has 0 bridgehead atoms. The number of hydrogen-bond donors (Lipinski definition) is 2. The van der Waals surface area contributed by atoms with Crippen molar-refractivity contribution in [3.63, 3.8) is 0 Å². The van der Waals surface area contributed by atoms with E-state index in [-0.39, 0.29) is 12.2 Å². The topological polar surface area (TPSA) is 90.7 Å². The summed E-state index contributed by atoms with van der Waals surface area (Å²) in [5.41, 5.74) is 5.37. The first-order valence-electron chi connectivity index (χ1n) is 6.02. The van der Waals surface area contributed by atoms with Crippen LogP contribution in [0, 0.1) is 0 Å². The van der Waals surface area contributed by atoms with Gasteiger partial charge in [-0.3, -0.25) is 4.79 Å². The second-order valence-corrected chi connectivity index (χ2v) is 5.03. The lowest BCUT2D eigenvalue weighted by Crippen LogP contribution is -2.51. The fraction of sp³-hybridized carbons (Fsp3) is 0.385. The molecule has 1 aromatic rings. The Kier molecular flexibility index (Phi) is 4.27. The fourth-order valence-electron chi connectivity index (χ4n) is 1.91. The lowest BCUT2D eigenvalue weighted by Gasteiger charge is -2.21. The molecule has 3 N–H and O–H groups in total. The molecule has 1 aliphatic heterocycles. The number of halogens is 1. The molecule has 1 unspecified atom stereocenters. The standard InChI is InChI=1S/C13H15ClN2O4/c1-19-11(17)9-6-8(14)2-3-10(9)16-12(18)13(15)4-5-20-7-13/h2-3,6H,4-5,7,15H2,1H3,(H,16,18). The molecule has 1 saturated heterocycles. The highest BCUT2D eigenvalue weighted by Crippen LogP contribution is 2.24.